The van der Waals surface area contributed by atoms with Crippen molar-refractivity contribution in [2.75, 3.05) is 0 Å². The Kier molecular flexibility index (Phi) is 8.78. The summed E-state index contributed by atoms with van der Waals surface area (Å²) in [5.41, 5.74) is 2.57. The Morgan fingerprint density at radius 3 is 2.21 bits per heavy atom. The standard InChI is InChI=1S/C27H28BrFN2O2/c1-19(2)30-27(33)25(16-20-7-4-3-5-8-20)31(18-22-9-6-10-23(28)15-22)26(32)17-21-11-13-24(29)14-12-21/h3-15,19,25H,16-18H2,1-2H3,(H,30,33)/t25-/m0/s1. The molecule has 0 saturated carbocycles. The van der Waals surface area contributed by atoms with Crippen molar-refractivity contribution >= 4 is 27.7 Å². The van der Waals surface area contributed by atoms with E-state index in [2.05, 4.69) is 21.2 Å². The molecule has 0 aliphatic carbocycles. The van der Waals surface area contributed by atoms with Crippen LogP contribution >= 0.6 is 15.9 Å². The number of benzene rings is 3. The smallest absolute Gasteiger partial charge is 0.243 e. The van der Waals surface area contributed by atoms with E-state index in [0.717, 1.165) is 15.6 Å². The molecule has 6 heteroatoms. The fourth-order valence-corrected chi connectivity index (χ4v) is 4.09. The summed E-state index contributed by atoms with van der Waals surface area (Å²) in [6.45, 7) is 4.08. The Hall–Kier alpha value is -2.99. The van der Waals surface area contributed by atoms with E-state index in [1.165, 1.54) is 12.1 Å². The fourth-order valence-electron chi connectivity index (χ4n) is 3.65. The molecule has 4 nitrogen and oxygen atoms in total. The number of carbonyl (C=O) groups excluding carboxylic acids is 2. The summed E-state index contributed by atoms with van der Waals surface area (Å²) >= 11 is 3.48. The Bertz CT molecular complexity index is 1070. The maximum absolute atomic E-state index is 13.5. The average molecular weight is 511 g/mol. The molecule has 33 heavy (non-hydrogen) atoms. The molecule has 0 aliphatic heterocycles. The topological polar surface area (TPSA) is 49.4 Å². The minimum atomic E-state index is -0.693. The zero-order valence-corrected chi connectivity index (χ0v) is 20.4. The molecule has 172 valence electrons. The second kappa shape index (κ2) is 11.8. The van der Waals surface area contributed by atoms with Crippen LogP contribution in [0, 0.1) is 5.82 Å². The van der Waals surface area contributed by atoms with Crippen molar-refractivity contribution in [2.24, 2.45) is 0 Å². The highest BCUT2D eigenvalue weighted by Crippen LogP contribution is 2.19. The van der Waals surface area contributed by atoms with E-state index in [9.17, 15) is 14.0 Å². The maximum atomic E-state index is 13.5. The molecule has 2 amide bonds. The highest BCUT2D eigenvalue weighted by Gasteiger charge is 2.30. The average Bonchev–Trinajstić information content (AvgIpc) is 2.78. The van der Waals surface area contributed by atoms with Crippen molar-refractivity contribution in [1.29, 1.82) is 0 Å². The van der Waals surface area contributed by atoms with E-state index in [1.807, 2.05) is 68.4 Å². The summed E-state index contributed by atoms with van der Waals surface area (Å²) in [5.74, 6) is -0.742. The SMILES string of the molecule is CC(C)NC(=O)[C@H](Cc1ccccc1)N(Cc1cccc(Br)c1)C(=O)Cc1ccc(F)cc1. The minimum Gasteiger partial charge on any atom is -0.352 e. The van der Waals surface area contributed by atoms with Crippen LogP contribution in [0.2, 0.25) is 0 Å². The van der Waals surface area contributed by atoms with Gasteiger partial charge in [-0.1, -0.05) is 70.5 Å². The third-order valence-corrected chi connectivity index (χ3v) is 5.71. The first-order valence-corrected chi connectivity index (χ1v) is 11.7. The first kappa shape index (κ1) is 24.6. The van der Waals surface area contributed by atoms with Crippen LogP contribution in [-0.2, 0) is 29.0 Å². The van der Waals surface area contributed by atoms with Gasteiger partial charge in [-0.25, -0.2) is 4.39 Å². The number of nitrogens with one attached hydrogen (secondary N) is 1. The molecule has 0 aliphatic rings. The van der Waals surface area contributed by atoms with Crippen molar-refractivity contribution in [2.45, 2.75) is 45.3 Å². The molecule has 0 unspecified atom stereocenters. The first-order chi connectivity index (χ1) is 15.8. The van der Waals surface area contributed by atoms with Gasteiger partial charge in [-0.15, -0.1) is 0 Å². The summed E-state index contributed by atoms with van der Waals surface area (Å²) in [4.78, 5) is 28.5. The largest absolute Gasteiger partial charge is 0.352 e. The molecule has 0 heterocycles. The quantitative estimate of drug-likeness (QED) is 0.424. The van der Waals surface area contributed by atoms with Gasteiger partial charge in [0, 0.05) is 23.5 Å². The lowest BCUT2D eigenvalue weighted by atomic mass is 10.0. The lowest BCUT2D eigenvalue weighted by Crippen LogP contribution is -2.52. The lowest BCUT2D eigenvalue weighted by Gasteiger charge is -2.32. The zero-order chi connectivity index (χ0) is 23.8. The summed E-state index contributed by atoms with van der Waals surface area (Å²) in [5, 5.41) is 2.98. The van der Waals surface area contributed by atoms with Gasteiger partial charge in [0.1, 0.15) is 11.9 Å². The van der Waals surface area contributed by atoms with E-state index in [4.69, 9.17) is 0 Å². The van der Waals surface area contributed by atoms with Crippen LogP contribution in [0.5, 0.6) is 0 Å². The van der Waals surface area contributed by atoms with Gasteiger partial charge in [0.15, 0.2) is 0 Å². The highest BCUT2D eigenvalue weighted by molar-refractivity contribution is 9.10. The monoisotopic (exact) mass is 510 g/mol. The molecule has 0 radical (unpaired) electrons. The van der Waals surface area contributed by atoms with Crippen LogP contribution in [0.1, 0.15) is 30.5 Å². The molecule has 0 aromatic heterocycles. The first-order valence-electron chi connectivity index (χ1n) is 10.9. The van der Waals surface area contributed by atoms with Gasteiger partial charge in [0.05, 0.1) is 6.42 Å². The Labute approximate surface area is 202 Å². The van der Waals surface area contributed by atoms with E-state index in [0.29, 0.717) is 12.0 Å². The number of amides is 2. The predicted molar refractivity (Wildman–Crippen MR) is 132 cm³/mol. The number of halogens is 2. The molecule has 0 fully saturated rings. The Balaban J connectivity index is 1.96. The molecular weight excluding hydrogens is 483 g/mol. The lowest BCUT2D eigenvalue weighted by molar-refractivity contribution is -0.141. The molecule has 3 aromatic carbocycles. The van der Waals surface area contributed by atoms with Gasteiger partial charge in [-0.3, -0.25) is 9.59 Å². The van der Waals surface area contributed by atoms with E-state index < -0.39 is 6.04 Å². The number of nitrogens with zero attached hydrogens (tertiary/aromatic N) is 1. The summed E-state index contributed by atoms with van der Waals surface area (Å²) in [6.07, 6.45) is 0.469. The van der Waals surface area contributed by atoms with Crippen LogP contribution in [0.15, 0.2) is 83.3 Å². The summed E-state index contributed by atoms with van der Waals surface area (Å²) in [7, 11) is 0. The fraction of sp³-hybridized carbons (Fsp3) is 0.259. The van der Waals surface area contributed by atoms with Crippen molar-refractivity contribution < 1.29 is 14.0 Å². The second-order valence-corrected chi connectivity index (χ2v) is 9.24. The van der Waals surface area contributed by atoms with Crippen LogP contribution in [-0.4, -0.2) is 28.8 Å². The Morgan fingerprint density at radius 2 is 1.58 bits per heavy atom. The number of hydrogen-bond acceptors (Lipinski definition) is 2. The van der Waals surface area contributed by atoms with Gasteiger partial charge >= 0.3 is 0 Å². The highest BCUT2D eigenvalue weighted by atomic mass is 79.9. The number of rotatable bonds is 9. The molecular formula is C27H28BrFN2O2. The molecule has 0 bridgehead atoms. The molecule has 3 aromatic rings. The third-order valence-electron chi connectivity index (χ3n) is 5.21. The van der Waals surface area contributed by atoms with Crippen molar-refractivity contribution in [3.63, 3.8) is 0 Å². The van der Waals surface area contributed by atoms with Crippen molar-refractivity contribution in [3.8, 4) is 0 Å². The zero-order valence-electron chi connectivity index (χ0n) is 18.8. The van der Waals surface area contributed by atoms with E-state index in [-0.39, 0.29) is 36.6 Å². The van der Waals surface area contributed by atoms with Gasteiger partial charge in [0.2, 0.25) is 11.8 Å². The number of hydrogen-bond donors (Lipinski definition) is 1. The van der Waals surface area contributed by atoms with Crippen LogP contribution in [0.4, 0.5) is 4.39 Å². The summed E-state index contributed by atoms with van der Waals surface area (Å²) < 4.78 is 14.3. The maximum Gasteiger partial charge on any atom is 0.243 e. The van der Waals surface area contributed by atoms with Crippen molar-refractivity contribution in [3.05, 3.63) is 106 Å². The van der Waals surface area contributed by atoms with Gasteiger partial charge < -0.3 is 10.2 Å². The minimum absolute atomic E-state index is 0.0595. The normalized spacial score (nSPS) is 11.8. The van der Waals surface area contributed by atoms with E-state index in [1.54, 1.807) is 17.0 Å². The second-order valence-electron chi connectivity index (χ2n) is 8.32. The summed E-state index contributed by atoms with van der Waals surface area (Å²) in [6, 6.07) is 22.5. The van der Waals surface area contributed by atoms with Crippen molar-refractivity contribution in [1.82, 2.24) is 10.2 Å². The Morgan fingerprint density at radius 1 is 0.909 bits per heavy atom. The number of carbonyl (C=O) groups is 2. The van der Waals surface area contributed by atoms with Gasteiger partial charge in [0.25, 0.3) is 0 Å². The van der Waals surface area contributed by atoms with Crippen LogP contribution < -0.4 is 5.32 Å². The molecule has 0 spiro atoms. The molecule has 1 N–H and O–H groups in total. The third kappa shape index (κ3) is 7.53. The van der Waals surface area contributed by atoms with Gasteiger partial charge in [-0.2, -0.15) is 0 Å². The van der Waals surface area contributed by atoms with Crippen LogP contribution in [0.25, 0.3) is 0 Å². The predicted octanol–water partition coefficient (Wildman–Crippen LogP) is 5.30. The van der Waals surface area contributed by atoms with E-state index >= 15 is 0 Å². The molecule has 1 atom stereocenters. The molecule has 0 saturated heterocycles. The van der Waals surface area contributed by atoms with Gasteiger partial charge in [-0.05, 0) is 54.8 Å². The van der Waals surface area contributed by atoms with Crippen LogP contribution in [0.3, 0.4) is 0 Å². The molecule has 3 rings (SSSR count).